The molecule has 0 saturated heterocycles. The molecule has 0 aliphatic rings. The molecule has 0 fully saturated rings. The number of hydrogen-bond acceptors (Lipinski definition) is 3. The van der Waals surface area contributed by atoms with Gasteiger partial charge in [0.2, 0.25) is 0 Å². The summed E-state index contributed by atoms with van der Waals surface area (Å²) in [6.07, 6.45) is 0.761. The Morgan fingerprint density at radius 2 is 1.95 bits per heavy atom. The predicted octanol–water partition coefficient (Wildman–Crippen LogP) is 2.83. The Bertz CT molecular complexity index is 638. The minimum Gasteiger partial charge on any atom is -0.464 e. The molecule has 0 aliphatic heterocycles. The molecule has 106 valence electrons. The molecule has 0 radical (unpaired) electrons. The second-order valence-electron chi connectivity index (χ2n) is 4.25. The van der Waals surface area contributed by atoms with E-state index in [1.165, 1.54) is 0 Å². The lowest BCUT2D eigenvalue weighted by Gasteiger charge is -2.08. The van der Waals surface area contributed by atoms with E-state index in [-0.39, 0.29) is 17.8 Å². The minimum absolute atomic E-state index is 0.00496. The van der Waals surface area contributed by atoms with Crippen molar-refractivity contribution in [3.05, 3.63) is 53.0 Å². The Labute approximate surface area is 114 Å². The number of carbonyl (C=O) groups is 1. The summed E-state index contributed by atoms with van der Waals surface area (Å²) < 4.78 is 32.3. The normalized spacial score (nSPS) is 10.6. The summed E-state index contributed by atoms with van der Waals surface area (Å²) in [4.78, 5) is 11.0. The largest absolute Gasteiger partial charge is 0.464 e. The summed E-state index contributed by atoms with van der Waals surface area (Å²) in [6, 6.07) is 5.27. The van der Waals surface area contributed by atoms with Crippen molar-refractivity contribution in [3.8, 4) is 0 Å². The first-order valence-corrected chi connectivity index (χ1v) is 6.11. The molecule has 0 saturated carbocycles. The third kappa shape index (κ3) is 2.96. The van der Waals surface area contributed by atoms with E-state index in [2.05, 4.69) is 5.32 Å². The monoisotopic (exact) mass is 280 g/mol. The molecule has 1 amide bonds. The molecule has 0 unspecified atom stereocenters. The quantitative estimate of drug-likeness (QED) is 0.885. The van der Waals surface area contributed by atoms with Gasteiger partial charge in [-0.05, 0) is 18.2 Å². The molecule has 4 nitrogen and oxygen atoms in total. The van der Waals surface area contributed by atoms with Crippen molar-refractivity contribution in [1.29, 1.82) is 0 Å². The Hall–Kier alpha value is -2.37. The van der Waals surface area contributed by atoms with Gasteiger partial charge in [0.25, 0.3) is 5.91 Å². The lowest BCUT2D eigenvalue weighted by molar-refractivity contribution is 0.0996. The molecule has 2 aromatic rings. The average molecular weight is 280 g/mol. The van der Waals surface area contributed by atoms with E-state index in [1.807, 2.05) is 13.0 Å². The molecule has 2 rings (SSSR count). The standard InChI is InChI=1S/C14H14F2N2O2/c1-2-8-3-4-9(20-8)7-18-13-5-10(14(17)19)11(15)6-12(13)16/h3-6,18H,2,7H2,1H3,(H2,17,19). The molecule has 1 aromatic carbocycles. The maximum absolute atomic E-state index is 13.6. The van der Waals surface area contributed by atoms with Crippen LogP contribution in [0.4, 0.5) is 14.5 Å². The summed E-state index contributed by atoms with van der Waals surface area (Å²) in [7, 11) is 0. The second-order valence-corrected chi connectivity index (χ2v) is 4.25. The van der Waals surface area contributed by atoms with Gasteiger partial charge in [0.05, 0.1) is 17.8 Å². The number of amides is 1. The molecule has 20 heavy (non-hydrogen) atoms. The van der Waals surface area contributed by atoms with E-state index in [4.69, 9.17) is 10.2 Å². The highest BCUT2D eigenvalue weighted by Crippen LogP contribution is 2.20. The first-order valence-electron chi connectivity index (χ1n) is 6.11. The number of furan rings is 1. The van der Waals surface area contributed by atoms with Crippen LogP contribution in [0.15, 0.2) is 28.7 Å². The minimum atomic E-state index is -0.980. The lowest BCUT2D eigenvalue weighted by Crippen LogP contribution is -2.14. The van der Waals surface area contributed by atoms with E-state index in [1.54, 1.807) is 6.07 Å². The van der Waals surface area contributed by atoms with Crippen LogP contribution in [0.25, 0.3) is 0 Å². The molecule has 0 bridgehead atoms. The van der Waals surface area contributed by atoms with Gasteiger partial charge in [-0.15, -0.1) is 0 Å². The van der Waals surface area contributed by atoms with Gasteiger partial charge in [0.1, 0.15) is 23.2 Å². The SMILES string of the molecule is CCc1ccc(CNc2cc(C(N)=O)c(F)cc2F)o1. The van der Waals surface area contributed by atoms with Crippen LogP contribution in [0.2, 0.25) is 0 Å². The molecular weight excluding hydrogens is 266 g/mol. The second kappa shape index (κ2) is 5.73. The Morgan fingerprint density at radius 3 is 2.55 bits per heavy atom. The van der Waals surface area contributed by atoms with Crippen molar-refractivity contribution in [1.82, 2.24) is 0 Å². The topological polar surface area (TPSA) is 68.3 Å². The van der Waals surface area contributed by atoms with Crippen molar-refractivity contribution in [2.45, 2.75) is 19.9 Å². The highest BCUT2D eigenvalue weighted by molar-refractivity contribution is 5.94. The van der Waals surface area contributed by atoms with Gasteiger partial charge in [0, 0.05) is 12.5 Å². The number of nitrogens with one attached hydrogen (secondary N) is 1. The number of nitrogens with two attached hydrogens (primary N) is 1. The van der Waals surface area contributed by atoms with Crippen LogP contribution >= 0.6 is 0 Å². The predicted molar refractivity (Wildman–Crippen MR) is 70.3 cm³/mol. The van der Waals surface area contributed by atoms with Gasteiger partial charge >= 0.3 is 0 Å². The molecule has 1 aromatic heterocycles. The summed E-state index contributed by atoms with van der Waals surface area (Å²) in [5, 5.41) is 2.75. The van der Waals surface area contributed by atoms with E-state index < -0.39 is 17.5 Å². The molecule has 0 spiro atoms. The fraction of sp³-hybridized carbons (Fsp3) is 0.214. The van der Waals surface area contributed by atoms with Crippen LogP contribution in [0.5, 0.6) is 0 Å². The zero-order valence-corrected chi connectivity index (χ0v) is 10.9. The van der Waals surface area contributed by atoms with E-state index in [0.29, 0.717) is 11.8 Å². The van der Waals surface area contributed by atoms with Gasteiger partial charge in [0.15, 0.2) is 0 Å². The molecule has 0 atom stereocenters. The van der Waals surface area contributed by atoms with Crippen LogP contribution in [0.1, 0.15) is 28.8 Å². The van der Waals surface area contributed by atoms with Crippen molar-refractivity contribution < 1.29 is 18.0 Å². The third-order valence-corrected chi connectivity index (χ3v) is 2.84. The fourth-order valence-electron chi connectivity index (χ4n) is 1.76. The molecule has 1 heterocycles. The van der Waals surface area contributed by atoms with Crippen LogP contribution in [-0.4, -0.2) is 5.91 Å². The number of aryl methyl sites for hydroxylation is 1. The van der Waals surface area contributed by atoms with Crippen molar-refractivity contribution >= 4 is 11.6 Å². The number of benzene rings is 1. The first kappa shape index (κ1) is 14.0. The average Bonchev–Trinajstić information content (AvgIpc) is 2.85. The summed E-state index contributed by atoms with van der Waals surface area (Å²) in [5.74, 6) is -1.29. The van der Waals surface area contributed by atoms with Gasteiger partial charge in [-0.25, -0.2) is 8.78 Å². The Morgan fingerprint density at radius 1 is 1.25 bits per heavy atom. The number of halogens is 2. The number of carbonyl (C=O) groups excluding carboxylic acids is 1. The van der Waals surface area contributed by atoms with Crippen LogP contribution < -0.4 is 11.1 Å². The zero-order chi connectivity index (χ0) is 14.7. The maximum atomic E-state index is 13.6. The molecular formula is C14H14F2N2O2. The van der Waals surface area contributed by atoms with Crippen molar-refractivity contribution in [3.63, 3.8) is 0 Å². The van der Waals surface area contributed by atoms with Gasteiger partial charge in [-0.1, -0.05) is 6.92 Å². The van der Waals surface area contributed by atoms with Gasteiger partial charge < -0.3 is 15.5 Å². The molecule has 6 heteroatoms. The first-order chi connectivity index (χ1) is 9.51. The van der Waals surface area contributed by atoms with Crippen LogP contribution in [-0.2, 0) is 13.0 Å². The summed E-state index contributed by atoms with van der Waals surface area (Å²) in [5.41, 5.74) is 4.65. The summed E-state index contributed by atoms with van der Waals surface area (Å²) in [6.45, 7) is 2.18. The van der Waals surface area contributed by atoms with Gasteiger partial charge in [-0.2, -0.15) is 0 Å². The zero-order valence-electron chi connectivity index (χ0n) is 10.9. The number of hydrogen-bond donors (Lipinski definition) is 2. The highest BCUT2D eigenvalue weighted by Gasteiger charge is 2.14. The lowest BCUT2D eigenvalue weighted by atomic mass is 10.1. The molecule has 3 N–H and O–H groups in total. The third-order valence-electron chi connectivity index (χ3n) is 2.84. The van der Waals surface area contributed by atoms with Crippen molar-refractivity contribution in [2.24, 2.45) is 5.73 Å². The Balaban J connectivity index is 2.16. The highest BCUT2D eigenvalue weighted by atomic mass is 19.1. The van der Waals surface area contributed by atoms with E-state index >= 15 is 0 Å². The number of anilines is 1. The fourth-order valence-corrected chi connectivity index (χ4v) is 1.76. The Kier molecular flexibility index (Phi) is 4.02. The van der Waals surface area contributed by atoms with Crippen LogP contribution in [0, 0.1) is 11.6 Å². The molecule has 0 aliphatic carbocycles. The van der Waals surface area contributed by atoms with Crippen LogP contribution in [0.3, 0.4) is 0 Å². The van der Waals surface area contributed by atoms with E-state index in [9.17, 15) is 13.6 Å². The smallest absolute Gasteiger partial charge is 0.251 e. The maximum Gasteiger partial charge on any atom is 0.251 e. The summed E-state index contributed by atoms with van der Waals surface area (Å²) >= 11 is 0. The van der Waals surface area contributed by atoms with Gasteiger partial charge in [-0.3, -0.25) is 4.79 Å². The van der Waals surface area contributed by atoms with E-state index in [0.717, 1.165) is 18.2 Å². The number of rotatable bonds is 5. The number of primary amides is 1. The van der Waals surface area contributed by atoms with Crippen molar-refractivity contribution in [2.75, 3.05) is 5.32 Å².